The summed E-state index contributed by atoms with van der Waals surface area (Å²) in [6.07, 6.45) is 5.46. The molecular formula is C32H30ClN5O4S. The first kappa shape index (κ1) is 28.7. The highest BCUT2D eigenvalue weighted by Crippen LogP contribution is 2.37. The van der Waals surface area contributed by atoms with E-state index >= 15 is 0 Å². The highest BCUT2D eigenvalue weighted by molar-refractivity contribution is 7.90. The molecule has 1 aliphatic carbocycles. The van der Waals surface area contributed by atoms with Gasteiger partial charge in [-0.05, 0) is 55.9 Å². The molecule has 1 unspecified atom stereocenters. The van der Waals surface area contributed by atoms with Gasteiger partial charge in [-0.2, -0.15) is 0 Å². The fourth-order valence-corrected chi connectivity index (χ4v) is 7.65. The van der Waals surface area contributed by atoms with E-state index in [-0.39, 0.29) is 16.0 Å². The molecule has 1 aliphatic rings. The van der Waals surface area contributed by atoms with E-state index in [4.69, 9.17) is 16.6 Å². The molecule has 3 N–H and O–H groups in total. The van der Waals surface area contributed by atoms with Crippen LogP contribution < -0.4 is 10.6 Å². The van der Waals surface area contributed by atoms with Crippen LogP contribution in [0.5, 0.6) is 0 Å². The van der Waals surface area contributed by atoms with Crippen LogP contribution in [0, 0.1) is 0 Å². The maximum absolute atomic E-state index is 13.6. The van der Waals surface area contributed by atoms with Gasteiger partial charge in [0, 0.05) is 28.7 Å². The molecule has 0 bridgehead atoms. The smallest absolute Gasteiger partial charge is 0.405 e. The molecule has 1 saturated carbocycles. The third-order valence-electron chi connectivity index (χ3n) is 7.91. The number of benzene rings is 3. The highest BCUT2D eigenvalue weighted by atomic mass is 35.5. The summed E-state index contributed by atoms with van der Waals surface area (Å²) in [6.45, 7) is 0. The number of hydrogen-bond acceptors (Lipinski definition) is 6. The van der Waals surface area contributed by atoms with Crippen LogP contribution in [0.3, 0.4) is 0 Å². The van der Waals surface area contributed by atoms with Crippen molar-refractivity contribution in [1.29, 1.82) is 0 Å². The van der Waals surface area contributed by atoms with Crippen molar-refractivity contribution in [3.63, 3.8) is 0 Å². The van der Waals surface area contributed by atoms with Gasteiger partial charge in [0.25, 0.3) is 10.0 Å². The van der Waals surface area contributed by atoms with Crippen LogP contribution in [0.1, 0.15) is 31.2 Å². The molecule has 2 heterocycles. The molecule has 43 heavy (non-hydrogen) atoms. The molecule has 0 spiro atoms. The average Bonchev–Trinajstić information content (AvgIpc) is 3.39. The molecule has 2 aromatic heterocycles. The zero-order valence-corrected chi connectivity index (χ0v) is 24.7. The zero-order valence-electron chi connectivity index (χ0n) is 23.2. The molecule has 1 fully saturated rings. The van der Waals surface area contributed by atoms with Crippen LogP contribution in [-0.2, 0) is 16.4 Å². The monoisotopic (exact) mass is 615 g/mol. The van der Waals surface area contributed by atoms with E-state index in [0.29, 0.717) is 47.4 Å². The van der Waals surface area contributed by atoms with Crippen molar-refractivity contribution in [2.75, 3.05) is 5.32 Å². The second-order valence-electron chi connectivity index (χ2n) is 10.9. The number of fused-ring (bicyclic) bond motifs is 1. The molecule has 2 atom stereocenters. The van der Waals surface area contributed by atoms with E-state index in [1.807, 2.05) is 42.5 Å². The van der Waals surface area contributed by atoms with Crippen molar-refractivity contribution in [1.82, 2.24) is 19.3 Å². The van der Waals surface area contributed by atoms with Crippen molar-refractivity contribution < 1.29 is 18.3 Å². The Bertz CT molecular complexity index is 1880. The van der Waals surface area contributed by atoms with Gasteiger partial charge in [0.1, 0.15) is 0 Å². The number of rotatable bonds is 8. The van der Waals surface area contributed by atoms with Gasteiger partial charge >= 0.3 is 6.09 Å². The molecular weight excluding hydrogens is 586 g/mol. The minimum atomic E-state index is -3.89. The summed E-state index contributed by atoms with van der Waals surface area (Å²) >= 11 is 6.62. The Kier molecular flexibility index (Phi) is 7.81. The number of carbonyl (C=O) groups is 1. The number of carboxylic acid groups (broad SMARTS) is 1. The Balaban J connectivity index is 1.33. The van der Waals surface area contributed by atoms with Crippen LogP contribution in [0.25, 0.3) is 22.2 Å². The Labute approximate surface area is 254 Å². The molecule has 3 aromatic carbocycles. The third kappa shape index (κ3) is 5.93. The summed E-state index contributed by atoms with van der Waals surface area (Å²) in [5.74, 6) is 0.331. The Hall–Kier alpha value is -4.41. The lowest BCUT2D eigenvalue weighted by molar-refractivity contribution is 0.159. The lowest BCUT2D eigenvalue weighted by Gasteiger charge is -2.41. The SMILES string of the molecule is O=C(O)NC1(Cc2ccccc2)CCC[C@@H](Nc2ncc(Cl)c(-c3cn(S(=O)(=O)c4ccccc4)c4ccccc34)n2)C1. The molecule has 0 aliphatic heterocycles. The number of amides is 1. The van der Waals surface area contributed by atoms with E-state index in [2.05, 4.69) is 15.6 Å². The summed E-state index contributed by atoms with van der Waals surface area (Å²) in [4.78, 5) is 21.2. The number of halogens is 1. The van der Waals surface area contributed by atoms with Gasteiger partial charge in [-0.3, -0.25) is 0 Å². The average molecular weight is 616 g/mol. The summed E-state index contributed by atoms with van der Waals surface area (Å²) in [5.41, 5.74) is 1.87. The van der Waals surface area contributed by atoms with Crippen molar-refractivity contribution in [2.45, 2.75) is 48.6 Å². The number of aromatic nitrogens is 3. The summed E-state index contributed by atoms with van der Waals surface area (Å²) < 4.78 is 28.5. The first-order chi connectivity index (χ1) is 20.7. The van der Waals surface area contributed by atoms with Gasteiger partial charge in [0.05, 0.1) is 27.3 Å². The number of nitrogens with one attached hydrogen (secondary N) is 2. The molecule has 6 rings (SSSR count). The lowest BCUT2D eigenvalue weighted by atomic mass is 9.75. The number of para-hydroxylation sites is 1. The van der Waals surface area contributed by atoms with Gasteiger partial charge in [0.15, 0.2) is 0 Å². The molecule has 9 nitrogen and oxygen atoms in total. The van der Waals surface area contributed by atoms with E-state index < -0.39 is 21.7 Å². The lowest BCUT2D eigenvalue weighted by Crippen LogP contribution is -2.54. The highest BCUT2D eigenvalue weighted by Gasteiger charge is 2.38. The van der Waals surface area contributed by atoms with E-state index in [1.54, 1.807) is 48.7 Å². The summed E-state index contributed by atoms with van der Waals surface area (Å²) in [7, 11) is -3.89. The molecule has 0 saturated heterocycles. The van der Waals surface area contributed by atoms with Gasteiger partial charge in [-0.15, -0.1) is 0 Å². The topological polar surface area (TPSA) is 126 Å². The predicted molar refractivity (Wildman–Crippen MR) is 167 cm³/mol. The molecule has 1 amide bonds. The second-order valence-corrected chi connectivity index (χ2v) is 13.1. The minimum Gasteiger partial charge on any atom is -0.465 e. The molecule has 5 aromatic rings. The van der Waals surface area contributed by atoms with Crippen molar-refractivity contribution in [3.05, 3.63) is 108 Å². The molecule has 0 radical (unpaired) electrons. The quantitative estimate of drug-likeness (QED) is 0.180. The molecule has 11 heteroatoms. The number of nitrogens with zero attached hydrogens (tertiary/aromatic N) is 3. The van der Waals surface area contributed by atoms with Crippen LogP contribution >= 0.6 is 11.6 Å². The zero-order chi connectivity index (χ0) is 30.0. The predicted octanol–water partition coefficient (Wildman–Crippen LogP) is 6.59. The van der Waals surface area contributed by atoms with Crippen LogP contribution in [-0.4, -0.2) is 45.1 Å². The van der Waals surface area contributed by atoms with Crippen LogP contribution in [0.4, 0.5) is 10.7 Å². The Morgan fingerprint density at radius 2 is 1.72 bits per heavy atom. The minimum absolute atomic E-state index is 0.0989. The van der Waals surface area contributed by atoms with Crippen molar-refractivity contribution >= 4 is 44.6 Å². The largest absolute Gasteiger partial charge is 0.465 e. The summed E-state index contributed by atoms with van der Waals surface area (Å²) in [6, 6.07) is 25.2. The third-order valence-corrected chi connectivity index (χ3v) is 9.88. The second kappa shape index (κ2) is 11.7. The molecule has 220 valence electrons. The van der Waals surface area contributed by atoms with Gasteiger partial charge in [-0.25, -0.2) is 27.2 Å². The number of hydrogen-bond donors (Lipinski definition) is 3. The fraction of sp³-hybridized carbons (Fsp3) is 0.219. The first-order valence-electron chi connectivity index (χ1n) is 14.0. The van der Waals surface area contributed by atoms with E-state index in [0.717, 1.165) is 18.4 Å². The van der Waals surface area contributed by atoms with Gasteiger partial charge in [0.2, 0.25) is 5.95 Å². The Morgan fingerprint density at radius 3 is 2.47 bits per heavy atom. The standard InChI is InChI=1S/C32H30ClN5O4S/c33-27-20-34-30(35-23-12-9-17-32(19-23,37-31(39)40)18-22-10-3-1-4-11-22)36-29(27)26-21-38(28-16-8-7-15-25(26)28)43(41,42)24-13-5-2-6-14-24/h1-8,10-11,13-16,20-21,23,37H,9,12,17-19H2,(H,39,40)(H,34,35,36)/t23-,32?/m1/s1. The van der Waals surface area contributed by atoms with Crippen LogP contribution in [0.2, 0.25) is 5.02 Å². The number of anilines is 1. The van der Waals surface area contributed by atoms with Gasteiger partial charge in [-0.1, -0.05) is 78.3 Å². The van der Waals surface area contributed by atoms with Crippen molar-refractivity contribution in [2.24, 2.45) is 0 Å². The van der Waals surface area contributed by atoms with Gasteiger partial charge < -0.3 is 15.7 Å². The van der Waals surface area contributed by atoms with E-state index in [1.165, 1.54) is 10.2 Å². The first-order valence-corrected chi connectivity index (χ1v) is 15.8. The maximum Gasteiger partial charge on any atom is 0.405 e. The van der Waals surface area contributed by atoms with E-state index in [9.17, 15) is 18.3 Å². The van der Waals surface area contributed by atoms with Crippen molar-refractivity contribution in [3.8, 4) is 11.3 Å². The normalized spacial score (nSPS) is 18.8. The summed E-state index contributed by atoms with van der Waals surface area (Å²) in [5, 5.41) is 16.9. The maximum atomic E-state index is 13.6. The Morgan fingerprint density at radius 1 is 1.02 bits per heavy atom. The van der Waals surface area contributed by atoms with Crippen LogP contribution in [0.15, 0.2) is 102 Å². The fourth-order valence-electron chi connectivity index (χ4n) is 6.07.